The van der Waals surface area contributed by atoms with Gasteiger partial charge in [0.05, 0.1) is 10.9 Å². The molecule has 174 valence electrons. The fourth-order valence-corrected chi connectivity index (χ4v) is 4.64. The van der Waals surface area contributed by atoms with Gasteiger partial charge in [-0.2, -0.15) is 0 Å². The van der Waals surface area contributed by atoms with E-state index in [0.29, 0.717) is 48.6 Å². The molecule has 1 unspecified atom stereocenters. The van der Waals surface area contributed by atoms with Gasteiger partial charge in [-0.05, 0) is 31.6 Å². The smallest absolute Gasteiger partial charge is 0.267 e. The molecule has 31 heavy (non-hydrogen) atoms. The van der Waals surface area contributed by atoms with Crippen molar-refractivity contribution in [3.8, 4) is 0 Å². The van der Waals surface area contributed by atoms with E-state index in [1.165, 1.54) is 42.0 Å². The van der Waals surface area contributed by atoms with Gasteiger partial charge in [-0.3, -0.25) is 24.3 Å². The van der Waals surface area contributed by atoms with Crippen LogP contribution >= 0.6 is 11.8 Å². The second-order valence-corrected chi connectivity index (χ2v) is 9.04. The highest BCUT2D eigenvalue weighted by molar-refractivity contribution is 8.04. The summed E-state index contributed by atoms with van der Waals surface area (Å²) in [7, 11) is 3.47. The molecular weight excluding hydrogens is 416 g/mol. The summed E-state index contributed by atoms with van der Waals surface area (Å²) < 4.78 is 0. The van der Waals surface area contributed by atoms with Crippen molar-refractivity contribution in [2.75, 3.05) is 39.5 Å². The van der Waals surface area contributed by atoms with Crippen LogP contribution in [0.2, 0.25) is 0 Å². The SMILES string of the molecule is C/N=C(\NC)NCCCC(N)C(=O)NCCSC1=CC(=O)N(CC2CCCCC2)C1=O. The fourth-order valence-electron chi connectivity index (χ4n) is 3.79. The van der Waals surface area contributed by atoms with Crippen LogP contribution in [0.1, 0.15) is 44.9 Å². The normalized spacial score (nSPS) is 18.7. The molecule has 2 aliphatic rings. The van der Waals surface area contributed by atoms with Crippen molar-refractivity contribution in [2.24, 2.45) is 16.6 Å². The summed E-state index contributed by atoms with van der Waals surface area (Å²) in [5, 5.41) is 8.84. The molecule has 3 amide bonds. The Morgan fingerprint density at radius 2 is 2.00 bits per heavy atom. The van der Waals surface area contributed by atoms with Crippen LogP contribution in [0.3, 0.4) is 0 Å². The van der Waals surface area contributed by atoms with Crippen molar-refractivity contribution in [3.05, 3.63) is 11.0 Å². The monoisotopic (exact) mass is 452 g/mol. The number of nitrogens with one attached hydrogen (secondary N) is 3. The molecule has 1 heterocycles. The Balaban J connectivity index is 1.61. The number of carbonyl (C=O) groups excluding carboxylic acids is 3. The van der Waals surface area contributed by atoms with E-state index in [4.69, 9.17) is 5.73 Å². The fraction of sp³-hybridized carbons (Fsp3) is 0.714. The molecular formula is C21H36N6O3S. The van der Waals surface area contributed by atoms with E-state index in [1.54, 1.807) is 14.1 Å². The third kappa shape index (κ3) is 8.17. The predicted molar refractivity (Wildman–Crippen MR) is 124 cm³/mol. The zero-order valence-corrected chi connectivity index (χ0v) is 19.4. The minimum atomic E-state index is -0.580. The molecule has 0 spiro atoms. The van der Waals surface area contributed by atoms with E-state index in [2.05, 4.69) is 20.9 Å². The van der Waals surface area contributed by atoms with E-state index in [0.717, 1.165) is 19.3 Å². The molecule has 0 aromatic rings. The van der Waals surface area contributed by atoms with Crippen molar-refractivity contribution < 1.29 is 14.4 Å². The maximum absolute atomic E-state index is 12.6. The Morgan fingerprint density at radius 1 is 1.26 bits per heavy atom. The first-order chi connectivity index (χ1) is 15.0. The van der Waals surface area contributed by atoms with Crippen LogP contribution in [0.25, 0.3) is 0 Å². The highest BCUT2D eigenvalue weighted by atomic mass is 32.2. The van der Waals surface area contributed by atoms with Gasteiger partial charge < -0.3 is 21.7 Å². The van der Waals surface area contributed by atoms with E-state index < -0.39 is 6.04 Å². The minimum absolute atomic E-state index is 0.201. The van der Waals surface area contributed by atoms with Crippen LogP contribution in [0, 0.1) is 5.92 Å². The van der Waals surface area contributed by atoms with Gasteiger partial charge in [0.1, 0.15) is 0 Å². The molecule has 1 atom stereocenters. The van der Waals surface area contributed by atoms with Gasteiger partial charge in [-0.15, -0.1) is 11.8 Å². The lowest BCUT2D eigenvalue weighted by molar-refractivity contribution is -0.137. The number of nitrogens with two attached hydrogens (primary N) is 1. The third-order valence-corrected chi connectivity index (χ3v) is 6.59. The number of rotatable bonds is 11. The number of thioether (sulfide) groups is 1. The molecule has 1 aliphatic heterocycles. The highest BCUT2D eigenvalue weighted by Crippen LogP contribution is 2.29. The molecule has 10 heteroatoms. The molecule has 0 radical (unpaired) electrons. The molecule has 0 aromatic carbocycles. The third-order valence-electron chi connectivity index (χ3n) is 5.58. The summed E-state index contributed by atoms with van der Waals surface area (Å²) in [5.74, 6) is 1.01. The molecule has 1 aliphatic carbocycles. The Bertz CT molecular complexity index is 691. The Labute approximate surface area is 189 Å². The number of hydrogen-bond acceptors (Lipinski definition) is 6. The summed E-state index contributed by atoms with van der Waals surface area (Å²) in [6, 6.07) is -0.580. The van der Waals surface area contributed by atoms with Gasteiger partial charge in [0.2, 0.25) is 5.91 Å². The standard InChI is InChI=1S/C21H36N6O3S/c1-23-21(24-2)26-10-6-9-16(22)19(29)25-11-12-31-17-13-18(28)27(20(17)30)14-15-7-4-3-5-8-15/h13,15-16H,3-12,14,22H2,1-2H3,(H,25,29)(H2,23,24,26). The van der Waals surface area contributed by atoms with Crippen LogP contribution in [-0.2, 0) is 14.4 Å². The van der Waals surface area contributed by atoms with Gasteiger partial charge in [0, 0.05) is 45.6 Å². The molecule has 2 rings (SSSR count). The number of hydrogen-bond donors (Lipinski definition) is 4. The summed E-state index contributed by atoms with van der Waals surface area (Å²) in [6.07, 6.45) is 8.50. The van der Waals surface area contributed by atoms with Crippen LogP contribution in [0.4, 0.5) is 0 Å². The lowest BCUT2D eigenvalue weighted by Gasteiger charge is -2.25. The quantitative estimate of drug-likeness (QED) is 0.156. The largest absolute Gasteiger partial charge is 0.359 e. The van der Waals surface area contributed by atoms with Gasteiger partial charge in [0.25, 0.3) is 11.8 Å². The molecule has 9 nitrogen and oxygen atoms in total. The average Bonchev–Trinajstić information content (AvgIpc) is 3.04. The lowest BCUT2D eigenvalue weighted by atomic mass is 9.89. The summed E-state index contributed by atoms with van der Waals surface area (Å²) in [5.41, 5.74) is 5.94. The van der Waals surface area contributed by atoms with Crippen LogP contribution in [0.5, 0.6) is 0 Å². The van der Waals surface area contributed by atoms with Crippen molar-refractivity contribution in [2.45, 2.75) is 51.0 Å². The number of nitrogens with zero attached hydrogens (tertiary/aromatic N) is 2. The highest BCUT2D eigenvalue weighted by Gasteiger charge is 2.33. The molecule has 0 bridgehead atoms. The first-order valence-electron chi connectivity index (χ1n) is 11.1. The van der Waals surface area contributed by atoms with Gasteiger partial charge in [-0.25, -0.2) is 0 Å². The zero-order chi connectivity index (χ0) is 22.6. The number of carbonyl (C=O) groups is 3. The van der Waals surface area contributed by atoms with Crippen LogP contribution in [-0.4, -0.2) is 74.1 Å². The maximum Gasteiger partial charge on any atom is 0.267 e. The molecule has 1 saturated carbocycles. The topological polar surface area (TPSA) is 129 Å². The first kappa shape index (κ1) is 25.2. The maximum atomic E-state index is 12.6. The second kappa shape index (κ2) is 13.4. The lowest BCUT2D eigenvalue weighted by Crippen LogP contribution is -2.42. The summed E-state index contributed by atoms with van der Waals surface area (Å²) in [4.78, 5) is 42.7. The van der Waals surface area contributed by atoms with E-state index in [9.17, 15) is 14.4 Å². The predicted octanol–water partition coefficient (Wildman–Crippen LogP) is 0.571. The van der Waals surface area contributed by atoms with Gasteiger partial charge >= 0.3 is 0 Å². The van der Waals surface area contributed by atoms with Crippen molar-refractivity contribution in [1.29, 1.82) is 0 Å². The minimum Gasteiger partial charge on any atom is -0.359 e. The van der Waals surface area contributed by atoms with Gasteiger partial charge in [-0.1, -0.05) is 19.3 Å². The van der Waals surface area contributed by atoms with Crippen molar-refractivity contribution >= 4 is 35.4 Å². The van der Waals surface area contributed by atoms with Crippen LogP contribution < -0.4 is 21.7 Å². The molecule has 0 saturated heterocycles. The molecule has 1 fully saturated rings. The zero-order valence-electron chi connectivity index (χ0n) is 18.6. The van der Waals surface area contributed by atoms with Crippen molar-refractivity contribution in [1.82, 2.24) is 20.9 Å². The summed E-state index contributed by atoms with van der Waals surface area (Å²) >= 11 is 1.31. The number of amides is 3. The van der Waals surface area contributed by atoms with Crippen LogP contribution in [0.15, 0.2) is 16.0 Å². The Hall–Kier alpha value is -2.07. The Kier molecular flexibility index (Phi) is 10.9. The van der Waals surface area contributed by atoms with E-state index in [1.807, 2.05) is 0 Å². The number of aliphatic imine (C=N–C) groups is 1. The number of guanidine groups is 1. The van der Waals surface area contributed by atoms with Gasteiger partial charge in [0.15, 0.2) is 5.96 Å². The van der Waals surface area contributed by atoms with Crippen molar-refractivity contribution in [3.63, 3.8) is 0 Å². The molecule has 5 N–H and O–H groups in total. The van der Waals surface area contributed by atoms with E-state index >= 15 is 0 Å². The first-order valence-corrected chi connectivity index (χ1v) is 12.1. The average molecular weight is 453 g/mol. The van der Waals surface area contributed by atoms with E-state index in [-0.39, 0.29) is 17.7 Å². The Morgan fingerprint density at radius 3 is 2.68 bits per heavy atom. The molecule has 0 aromatic heterocycles. The number of imide groups is 1. The second-order valence-electron chi connectivity index (χ2n) is 7.90. The summed E-state index contributed by atoms with van der Waals surface area (Å²) in [6.45, 7) is 1.59.